The highest BCUT2D eigenvalue weighted by Gasteiger charge is 2.30. The molecule has 0 radical (unpaired) electrons. The van der Waals surface area contributed by atoms with E-state index in [1.54, 1.807) is 6.07 Å². The molecule has 0 saturated carbocycles. The Bertz CT molecular complexity index is 1550. The van der Waals surface area contributed by atoms with Gasteiger partial charge in [0.15, 0.2) is 0 Å². The molecular formula is C24H19N3O6S. The number of fused-ring (bicyclic) bond motifs is 4. The van der Waals surface area contributed by atoms with Crippen LogP contribution >= 0.6 is 11.3 Å². The van der Waals surface area contributed by atoms with E-state index >= 15 is 0 Å². The second-order valence-electron chi connectivity index (χ2n) is 7.81. The molecule has 3 N–H and O–H groups in total. The van der Waals surface area contributed by atoms with Gasteiger partial charge in [-0.15, -0.1) is 11.3 Å². The molecule has 0 saturated heterocycles. The van der Waals surface area contributed by atoms with E-state index in [0.29, 0.717) is 29.5 Å². The summed E-state index contributed by atoms with van der Waals surface area (Å²) in [5.41, 5.74) is 5.87. The molecule has 0 unspecified atom stereocenters. The third-order valence-electron chi connectivity index (χ3n) is 5.85. The Morgan fingerprint density at radius 3 is 2.71 bits per heavy atom. The Labute approximate surface area is 196 Å². The van der Waals surface area contributed by atoms with Gasteiger partial charge in [0.05, 0.1) is 19.2 Å². The molecule has 0 aliphatic carbocycles. The van der Waals surface area contributed by atoms with Crippen molar-refractivity contribution in [2.45, 2.75) is 13.0 Å². The Kier molecular flexibility index (Phi) is 5.29. The van der Waals surface area contributed by atoms with Crippen molar-refractivity contribution in [3.8, 4) is 0 Å². The maximum atomic E-state index is 13.1. The molecule has 172 valence electrons. The van der Waals surface area contributed by atoms with Crippen molar-refractivity contribution in [3.63, 3.8) is 0 Å². The number of carbonyl (C=O) groups excluding carboxylic acids is 3. The van der Waals surface area contributed by atoms with Gasteiger partial charge < -0.3 is 25.1 Å². The molecule has 5 rings (SSSR count). The molecule has 2 aromatic heterocycles. The van der Waals surface area contributed by atoms with E-state index in [1.807, 2.05) is 30.3 Å². The van der Waals surface area contributed by atoms with Gasteiger partial charge in [-0.25, -0.2) is 9.59 Å². The van der Waals surface area contributed by atoms with Crippen LogP contribution in [-0.2, 0) is 17.7 Å². The van der Waals surface area contributed by atoms with E-state index in [0.717, 1.165) is 27.0 Å². The fraction of sp³-hybridized carbons (Fsp3) is 0.167. The summed E-state index contributed by atoms with van der Waals surface area (Å²) in [7, 11) is 1.30. The second-order valence-corrected chi connectivity index (χ2v) is 8.92. The number of anilines is 1. The molecule has 0 spiro atoms. The number of amides is 3. The fourth-order valence-corrected chi connectivity index (χ4v) is 5.50. The normalized spacial score (nSPS) is 13.0. The van der Waals surface area contributed by atoms with Crippen molar-refractivity contribution in [1.82, 2.24) is 4.90 Å². The number of nitrogens with zero attached hydrogens (tertiary/aromatic N) is 1. The van der Waals surface area contributed by atoms with Crippen LogP contribution in [0.15, 0.2) is 51.7 Å². The smallest absolute Gasteiger partial charge is 0.409 e. The summed E-state index contributed by atoms with van der Waals surface area (Å²) in [6.07, 6.45) is -0.0922. The van der Waals surface area contributed by atoms with Gasteiger partial charge in [0.25, 0.3) is 11.8 Å². The molecule has 2 aromatic carbocycles. The summed E-state index contributed by atoms with van der Waals surface area (Å²) >= 11 is 1.14. The summed E-state index contributed by atoms with van der Waals surface area (Å²) in [6.45, 7) is 0.582. The minimum Gasteiger partial charge on any atom is -0.453 e. The molecule has 1 aliphatic heterocycles. The number of rotatable bonds is 3. The summed E-state index contributed by atoms with van der Waals surface area (Å²) in [4.78, 5) is 52.1. The van der Waals surface area contributed by atoms with Gasteiger partial charge in [0.1, 0.15) is 16.1 Å². The van der Waals surface area contributed by atoms with E-state index in [2.05, 4.69) is 5.32 Å². The first-order chi connectivity index (χ1) is 16.4. The molecule has 10 heteroatoms. The van der Waals surface area contributed by atoms with E-state index in [4.69, 9.17) is 14.9 Å². The van der Waals surface area contributed by atoms with Crippen LogP contribution in [0.1, 0.15) is 31.2 Å². The largest absolute Gasteiger partial charge is 0.453 e. The van der Waals surface area contributed by atoms with Crippen molar-refractivity contribution in [3.05, 3.63) is 74.5 Å². The Hall–Kier alpha value is -4.18. The molecule has 9 nitrogen and oxygen atoms in total. The molecule has 0 bridgehead atoms. The first-order valence-electron chi connectivity index (χ1n) is 10.4. The standard InChI is InChI=1S/C24H19N3O6S/c1-32-24(31)27-9-8-14-18(11-27)34-22(19(14)20(25)28)26-21(29)16-10-15-13-5-3-2-4-12(13)6-7-17(15)33-23(16)30/h2-7,10H,8-9,11H2,1H3,(H2,25,28)(H,26,29). The molecular weight excluding hydrogens is 458 g/mol. The highest BCUT2D eigenvalue weighted by atomic mass is 32.1. The van der Waals surface area contributed by atoms with Crippen LogP contribution < -0.4 is 16.7 Å². The molecule has 34 heavy (non-hydrogen) atoms. The highest BCUT2D eigenvalue weighted by Crippen LogP contribution is 2.37. The van der Waals surface area contributed by atoms with Crippen molar-refractivity contribution in [2.75, 3.05) is 19.0 Å². The van der Waals surface area contributed by atoms with E-state index in [9.17, 15) is 19.2 Å². The van der Waals surface area contributed by atoms with Crippen LogP contribution in [0.5, 0.6) is 0 Å². The van der Waals surface area contributed by atoms with Gasteiger partial charge >= 0.3 is 11.7 Å². The predicted octanol–water partition coefficient (Wildman–Crippen LogP) is 3.48. The molecule has 3 heterocycles. The van der Waals surface area contributed by atoms with Gasteiger partial charge in [-0.2, -0.15) is 0 Å². The lowest BCUT2D eigenvalue weighted by Gasteiger charge is -2.25. The Morgan fingerprint density at radius 2 is 1.94 bits per heavy atom. The number of nitrogens with one attached hydrogen (secondary N) is 1. The monoisotopic (exact) mass is 477 g/mol. The number of benzene rings is 2. The van der Waals surface area contributed by atoms with Crippen molar-refractivity contribution in [1.29, 1.82) is 0 Å². The number of hydrogen-bond donors (Lipinski definition) is 2. The highest BCUT2D eigenvalue weighted by molar-refractivity contribution is 7.17. The van der Waals surface area contributed by atoms with E-state index in [-0.39, 0.29) is 22.7 Å². The number of primary amides is 1. The van der Waals surface area contributed by atoms with Gasteiger partial charge in [0.2, 0.25) is 0 Å². The van der Waals surface area contributed by atoms with Crippen molar-refractivity contribution in [2.24, 2.45) is 5.73 Å². The average molecular weight is 477 g/mol. The quantitative estimate of drug-likeness (QED) is 0.343. The number of methoxy groups -OCH3 is 1. The van der Waals surface area contributed by atoms with Crippen LogP contribution in [0.2, 0.25) is 0 Å². The van der Waals surface area contributed by atoms with Gasteiger partial charge in [-0.3, -0.25) is 9.59 Å². The minimum absolute atomic E-state index is 0.188. The number of thiophene rings is 1. The molecule has 0 atom stereocenters. The summed E-state index contributed by atoms with van der Waals surface area (Å²) in [5, 5.41) is 5.29. The van der Waals surface area contributed by atoms with E-state index < -0.39 is 23.5 Å². The van der Waals surface area contributed by atoms with Crippen LogP contribution in [0.4, 0.5) is 9.80 Å². The zero-order valence-corrected chi connectivity index (χ0v) is 18.9. The molecule has 3 amide bonds. The lowest BCUT2D eigenvalue weighted by molar-refractivity contribution is 0.0999. The van der Waals surface area contributed by atoms with Crippen LogP contribution in [-0.4, -0.2) is 36.5 Å². The lowest BCUT2D eigenvalue weighted by atomic mass is 10.0. The van der Waals surface area contributed by atoms with Crippen LogP contribution in [0, 0.1) is 0 Å². The maximum Gasteiger partial charge on any atom is 0.409 e. The van der Waals surface area contributed by atoms with Gasteiger partial charge in [0, 0.05) is 16.8 Å². The summed E-state index contributed by atoms with van der Waals surface area (Å²) in [6, 6.07) is 12.6. The average Bonchev–Trinajstić information content (AvgIpc) is 3.19. The van der Waals surface area contributed by atoms with Gasteiger partial charge in [-0.05, 0) is 34.9 Å². The number of carbonyl (C=O) groups is 3. The molecule has 0 fully saturated rings. The minimum atomic E-state index is -0.793. The SMILES string of the molecule is COC(=O)N1CCc2c(sc(NC(=O)c3cc4c(ccc5ccccc54)oc3=O)c2C(N)=O)C1. The van der Waals surface area contributed by atoms with Crippen LogP contribution in [0.3, 0.4) is 0 Å². The van der Waals surface area contributed by atoms with Crippen molar-refractivity contribution < 1.29 is 23.5 Å². The topological polar surface area (TPSA) is 132 Å². The number of hydrogen-bond acceptors (Lipinski definition) is 7. The molecule has 4 aromatic rings. The Balaban J connectivity index is 1.54. The van der Waals surface area contributed by atoms with Crippen LogP contribution in [0.25, 0.3) is 21.7 Å². The number of ether oxygens (including phenoxy) is 1. The third kappa shape index (κ3) is 3.57. The Morgan fingerprint density at radius 1 is 1.15 bits per heavy atom. The molecule has 1 aliphatic rings. The number of nitrogens with two attached hydrogens (primary N) is 1. The van der Waals surface area contributed by atoms with Gasteiger partial charge in [-0.1, -0.05) is 30.3 Å². The lowest BCUT2D eigenvalue weighted by Crippen LogP contribution is -2.35. The third-order valence-corrected chi connectivity index (χ3v) is 6.98. The zero-order chi connectivity index (χ0) is 24.0. The first kappa shape index (κ1) is 21.7. The maximum absolute atomic E-state index is 13.1. The second kappa shape index (κ2) is 8.31. The van der Waals surface area contributed by atoms with Crippen molar-refractivity contribution >= 4 is 56.0 Å². The summed E-state index contributed by atoms with van der Waals surface area (Å²) in [5.74, 6) is -1.41. The summed E-state index contributed by atoms with van der Waals surface area (Å²) < 4.78 is 10.2. The predicted molar refractivity (Wildman–Crippen MR) is 127 cm³/mol. The van der Waals surface area contributed by atoms with E-state index in [1.165, 1.54) is 18.1 Å². The first-order valence-corrected chi connectivity index (χ1v) is 11.2. The fourth-order valence-electron chi connectivity index (χ4n) is 4.24. The zero-order valence-electron chi connectivity index (χ0n) is 18.0.